The first-order valence-corrected chi connectivity index (χ1v) is 8.30. The zero-order valence-corrected chi connectivity index (χ0v) is 13.7. The highest BCUT2D eigenvalue weighted by Crippen LogP contribution is 2.25. The van der Waals surface area contributed by atoms with Gasteiger partial charge in [0.15, 0.2) is 0 Å². The number of hydrogen-bond donors (Lipinski definition) is 2. The Morgan fingerprint density at radius 1 is 1.17 bits per heavy atom. The summed E-state index contributed by atoms with van der Waals surface area (Å²) in [6, 6.07) is 9.43. The van der Waals surface area contributed by atoms with Crippen LogP contribution in [-0.4, -0.2) is 14.3 Å². The van der Waals surface area contributed by atoms with Crippen LogP contribution in [0.25, 0.3) is 0 Å². The van der Waals surface area contributed by atoms with E-state index in [-0.39, 0.29) is 31.8 Å². The molecule has 118 valence electrons. The number of nitrogens with one attached hydrogen (secondary N) is 1. The summed E-state index contributed by atoms with van der Waals surface area (Å²) in [6.45, 7) is 0. The highest BCUT2D eigenvalue weighted by molar-refractivity contribution is 7.92. The average Bonchev–Trinajstić information content (AvgIpc) is 2.46. The molecule has 2 aromatic rings. The molecule has 0 unspecified atom stereocenters. The van der Waals surface area contributed by atoms with Crippen molar-refractivity contribution in [3.63, 3.8) is 0 Å². The van der Waals surface area contributed by atoms with E-state index in [9.17, 15) is 13.2 Å². The monoisotopic (exact) mass is 369 g/mol. The molecule has 0 aliphatic rings. The summed E-state index contributed by atoms with van der Waals surface area (Å²) in [5.74, 6) is -0.812. The molecular formula is C14H9Cl2N3O3S. The number of nitriles is 1. The van der Waals surface area contributed by atoms with Crippen LogP contribution in [0, 0.1) is 11.3 Å². The lowest BCUT2D eigenvalue weighted by Gasteiger charge is -2.12. The Bertz CT molecular complexity index is 937. The third kappa shape index (κ3) is 3.74. The van der Waals surface area contributed by atoms with E-state index >= 15 is 0 Å². The van der Waals surface area contributed by atoms with Gasteiger partial charge in [0.2, 0.25) is 0 Å². The number of carbonyl (C=O) groups is 1. The number of amides is 1. The van der Waals surface area contributed by atoms with Crippen LogP contribution in [0.3, 0.4) is 0 Å². The van der Waals surface area contributed by atoms with E-state index in [1.165, 1.54) is 30.3 Å². The van der Waals surface area contributed by atoms with Crippen molar-refractivity contribution < 1.29 is 13.2 Å². The normalized spacial score (nSPS) is 10.8. The van der Waals surface area contributed by atoms with Crippen molar-refractivity contribution in [3.05, 3.63) is 57.6 Å². The van der Waals surface area contributed by atoms with Crippen molar-refractivity contribution in [2.75, 3.05) is 4.72 Å². The molecule has 3 N–H and O–H groups in total. The fourth-order valence-electron chi connectivity index (χ4n) is 1.78. The fourth-order valence-corrected chi connectivity index (χ4v) is 3.21. The molecule has 2 aromatic carbocycles. The smallest absolute Gasteiger partial charge is 0.261 e. The Balaban J connectivity index is 2.49. The molecule has 0 saturated carbocycles. The van der Waals surface area contributed by atoms with Gasteiger partial charge in [0, 0.05) is 5.02 Å². The fraction of sp³-hybridized carbons (Fsp3) is 0. The molecule has 0 bridgehead atoms. The summed E-state index contributed by atoms with van der Waals surface area (Å²) < 4.78 is 27.0. The Kier molecular flexibility index (Phi) is 4.80. The predicted molar refractivity (Wildman–Crippen MR) is 86.9 cm³/mol. The third-order valence-electron chi connectivity index (χ3n) is 2.86. The number of rotatable bonds is 4. The zero-order chi connectivity index (χ0) is 17.2. The van der Waals surface area contributed by atoms with Crippen molar-refractivity contribution in [2.45, 2.75) is 4.90 Å². The summed E-state index contributed by atoms with van der Waals surface area (Å²) in [6.07, 6.45) is 0. The van der Waals surface area contributed by atoms with Crippen molar-refractivity contribution in [1.82, 2.24) is 0 Å². The van der Waals surface area contributed by atoms with Crippen LogP contribution in [0.4, 0.5) is 5.69 Å². The summed E-state index contributed by atoms with van der Waals surface area (Å²) >= 11 is 11.6. The molecule has 0 heterocycles. The SMILES string of the molecule is N#Cc1cc(S(=O)(=O)Nc2cc(Cl)ccc2C(N)=O)ccc1Cl. The van der Waals surface area contributed by atoms with Gasteiger partial charge < -0.3 is 5.73 Å². The average molecular weight is 370 g/mol. The lowest BCUT2D eigenvalue weighted by atomic mass is 10.2. The van der Waals surface area contributed by atoms with E-state index in [2.05, 4.69) is 4.72 Å². The standard InChI is InChI=1S/C14H9Cl2N3O3S/c15-9-1-3-11(14(18)20)13(6-9)19-23(21,22)10-2-4-12(16)8(5-10)7-17/h1-6,19H,(H2,18,20). The van der Waals surface area contributed by atoms with Gasteiger partial charge in [0.05, 0.1) is 26.7 Å². The number of anilines is 1. The second-order valence-corrected chi connectivity index (χ2v) is 6.94. The summed E-state index contributed by atoms with van der Waals surface area (Å²) in [5.41, 5.74) is 5.13. The number of primary amides is 1. The topological polar surface area (TPSA) is 113 Å². The molecule has 6 nitrogen and oxygen atoms in total. The van der Waals surface area contributed by atoms with E-state index in [0.717, 1.165) is 6.07 Å². The minimum atomic E-state index is -4.06. The van der Waals surface area contributed by atoms with Crippen LogP contribution in [-0.2, 0) is 10.0 Å². The molecule has 0 atom stereocenters. The predicted octanol–water partition coefficient (Wildman–Crippen LogP) is 2.76. The molecule has 0 spiro atoms. The Labute approximate surface area is 142 Å². The maximum atomic E-state index is 12.4. The van der Waals surface area contributed by atoms with Gasteiger partial charge in [-0.2, -0.15) is 5.26 Å². The second kappa shape index (κ2) is 6.46. The maximum absolute atomic E-state index is 12.4. The van der Waals surface area contributed by atoms with Crippen molar-refractivity contribution >= 4 is 44.8 Å². The third-order valence-corrected chi connectivity index (χ3v) is 4.79. The molecule has 0 aromatic heterocycles. The van der Waals surface area contributed by atoms with Crippen LogP contribution in [0.5, 0.6) is 0 Å². The number of benzene rings is 2. The van der Waals surface area contributed by atoms with Crippen LogP contribution < -0.4 is 10.5 Å². The minimum absolute atomic E-state index is 0.00996. The number of sulfonamides is 1. The molecule has 0 aliphatic carbocycles. The van der Waals surface area contributed by atoms with Crippen LogP contribution in [0.1, 0.15) is 15.9 Å². The van der Waals surface area contributed by atoms with E-state index < -0.39 is 15.9 Å². The second-order valence-electron chi connectivity index (χ2n) is 4.41. The molecule has 0 saturated heterocycles. The van der Waals surface area contributed by atoms with Gasteiger partial charge >= 0.3 is 0 Å². The first-order chi connectivity index (χ1) is 10.7. The number of carbonyl (C=O) groups excluding carboxylic acids is 1. The van der Waals surface area contributed by atoms with Gasteiger partial charge in [-0.3, -0.25) is 9.52 Å². The molecule has 0 radical (unpaired) electrons. The van der Waals surface area contributed by atoms with Crippen LogP contribution in [0.15, 0.2) is 41.3 Å². The molecular weight excluding hydrogens is 361 g/mol. The highest BCUT2D eigenvalue weighted by atomic mass is 35.5. The van der Waals surface area contributed by atoms with Crippen LogP contribution >= 0.6 is 23.2 Å². The lowest BCUT2D eigenvalue weighted by molar-refractivity contribution is 0.100. The van der Waals surface area contributed by atoms with Crippen molar-refractivity contribution in [1.29, 1.82) is 5.26 Å². The lowest BCUT2D eigenvalue weighted by Crippen LogP contribution is -2.18. The zero-order valence-electron chi connectivity index (χ0n) is 11.4. The highest BCUT2D eigenvalue weighted by Gasteiger charge is 2.19. The van der Waals surface area contributed by atoms with Crippen LogP contribution in [0.2, 0.25) is 10.0 Å². The van der Waals surface area contributed by atoms with Crippen molar-refractivity contribution in [2.24, 2.45) is 5.73 Å². The Hall–Kier alpha value is -2.27. The van der Waals surface area contributed by atoms with Gasteiger partial charge in [-0.15, -0.1) is 0 Å². The van der Waals surface area contributed by atoms with E-state index in [1.54, 1.807) is 6.07 Å². The molecule has 9 heteroatoms. The van der Waals surface area contributed by atoms with Gasteiger partial charge in [0.25, 0.3) is 15.9 Å². The quantitative estimate of drug-likeness (QED) is 0.861. The number of nitrogens with two attached hydrogens (primary N) is 1. The molecule has 2 rings (SSSR count). The molecule has 23 heavy (non-hydrogen) atoms. The van der Waals surface area contributed by atoms with Gasteiger partial charge in [-0.1, -0.05) is 23.2 Å². The first-order valence-electron chi connectivity index (χ1n) is 6.06. The molecule has 0 aliphatic heterocycles. The summed E-state index contributed by atoms with van der Waals surface area (Å²) in [7, 11) is -4.06. The minimum Gasteiger partial charge on any atom is -0.366 e. The first kappa shape index (κ1) is 17.1. The number of hydrogen-bond acceptors (Lipinski definition) is 4. The maximum Gasteiger partial charge on any atom is 0.261 e. The van der Waals surface area contributed by atoms with E-state index in [1.807, 2.05) is 0 Å². The van der Waals surface area contributed by atoms with Gasteiger partial charge in [-0.05, 0) is 36.4 Å². The van der Waals surface area contributed by atoms with Gasteiger partial charge in [-0.25, -0.2) is 8.42 Å². The van der Waals surface area contributed by atoms with Crippen molar-refractivity contribution in [3.8, 4) is 6.07 Å². The molecule has 1 amide bonds. The largest absolute Gasteiger partial charge is 0.366 e. The summed E-state index contributed by atoms with van der Waals surface area (Å²) in [5, 5.41) is 9.28. The number of halogens is 2. The van der Waals surface area contributed by atoms with E-state index in [0.29, 0.717) is 0 Å². The molecule has 0 fully saturated rings. The van der Waals surface area contributed by atoms with E-state index in [4.69, 9.17) is 34.2 Å². The summed E-state index contributed by atoms with van der Waals surface area (Å²) in [4.78, 5) is 11.2. The number of nitrogens with zero attached hydrogens (tertiary/aromatic N) is 1. The van der Waals surface area contributed by atoms with Gasteiger partial charge in [0.1, 0.15) is 6.07 Å². The Morgan fingerprint density at radius 3 is 2.48 bits per heavy atom. The Morgan fingerprint density at radius 2 is 1.87 bits per heavy atom.